The zero-order valence-electron chi connectivity index (χ0n) is 9.87. The molecule has 2 N–H and O–H groups in total. The van der Waals surface area contributed by atoms with Crippen molar-refractivity contribution in [2.45, 2.75) is 19.4 Å². The second kappa shape index (κ2) is 6.20. The van der Waals surface area contributed by atoms with Crippen molar-refractivity contribution < 1.29 is 19.0 Å². The molecular weight excluding hydrogens is 225 g/mol. The molecule has 1 amide bonds. The van der Waals surface area contributed by atoms with E-state index in [4.69, 9.17) is 4.74 Å². The predicted molar refractivity (Wildman–Crippen MR) is 61.5 cm³/mol. The Morgan fingerprint density at radius 3 is 2.94 bits per heavy atom. The Balaban J connectivity index is 2.66. The van der Waals surface area contributed by atoms with Gasteiger partial charge in [0.25, 0.3) is 5.91 Å². The maximum atomic E-state index is 12.9. The summed E-state index contributed by atoms with van der Waals surface area (Å²) in [5, 5.41) is 12.1. The third-order valence-electron chi connectivity index (χ3n) is 2.34. The van der Waals surface area contributed by atoms with Crippen LogP contribution in [0.1, 0.15) is 23.7 Å². The first kappa shape index (κ1) is 13.4. The Morgan fingerprint density at radius 1 is 1.59 bits per heavy atom. The van der Waals surface area contributed by atoms with E-state index in [1.54, 1.807) is 7.11 Å². The van der Waals surface area contributed by atoms with Crippen LogP contribution in [0.5, 0.6) is 5.75 Å². The quantitative estimate of drug-likeness (QED) is 0.824. The minimum atomic E-state index is -0.558. The number of nitrogens with one attached hydrogen (secondary N) is 1. The second-order valence-corrected chi connectivity index (χ2v) is 3.82. The third-order valence-corrected chi connectivity index (χ3v) is 2.34. The highest BCUT2D eigenvalue weighted by Gasteiger charge is 2.14. The molecule has 0 fully saturated rings. The van der Waals surface area contributed by atoms with E-state index in [2.05, 4.69) is 5.32 Å². The van der Waals surface area contributed by atoms with E-state index in [-0.39, 0.29) is 17.4 Å². The van der Waals surface area contributed by atoms with Crippen molar-refractivity contribution in [1.29, 1.82) is 0 Å². The Bertz CT molecular complexity index is 395. The lowest BCUT2D eigenvalue weighted by Crippen LogP contribution is -2.33. The second-order valence-electron chi connectivity index (χ2n) is 3.82. The van der Waals surface area contributed by atoms with E-state index in [9.17, 15) is 14.3 Å². The summed E-state index contributed by atoms with van der Waals surface area (Å²) in [5.41, 5.74) is -0.0609. The smallest absolute Gasteiger partial charge is 0.255 e. The molecule has 1 aromatic carbocycles. The summed E-state index contributed by atoms with van der Waals surface area (Å²) in [6.45, 7) is 2.34. The molecule has 0 bridgehead atoms. The van der Waals surface area contributed by atoms with Crippen LogP contribution >= 0.6 is 0 Å². The first-order valence-corrected chi connectivity index (χ1v) is 5.33. The molecule has 1 atom stereocenters. The van der Waals surface area contributed by atoms with E-state index >= 15 is 0 Å². The molecule has 0 saturated heterocycles. The van der Waals surface area contributed by atoms with E-state index in [0.29, 0.717) is 13.0 Å². The molecule has 94 valence electrons. The van der Waals surface area contributed by atoms with Gasteiger partial charge < -0.3 is 15.2 Å². The van der Waals surface area contributed by atoms with Gasteiger partial charge in [0.15, 0.2) is 0 Å². The Kier molecular flexibility index (Phi) is 4.90. The normalized spacial score (nSPS) is 12.2. The first-order valence-electron chi connectivity index (χ1n) is 5.33. The van der Waals surface area contributed by atoms with Crippen LogP contribution in [-0.2, 0) is 4.74 Å². The number of carbonyl (C=O) groups excluding carboxylic acids is 1. The number of rotatable bonds is 5. The van der Waals surface area contributed by atoms with Gasteiger partial charge in [0.1, 0.15) is 11.6 Å². The molecule has 4 nitrogen and oxygen atoms in total. The molecule has 1 unspecified atom stereocenters. The molecule has 0 aliphatic rings. The lowest BCUT2D eigenvalue weighted by molar-refractivity contribution is 0.0926. The molecule has 5 heteroatoms. The highest BCUT2D eigenvalue weighted by molar-refractivity contribution is 5.96. The van der Waals surface area contributed by atoms with Gasteiger partial charge >= 0.3 is 0 Å². The summed E-state index contributed by atoms with van der Waals surface area (Å²) in [6, 6.07) is 3.16. The van der Waals surface area contributed by atoms with Crippen LogP contribution in [-0.4, -0.2) is 30.8 Å². The Hall–Kier alpha value is -1.62. The Labute approximate surface area is 99.4 Å². The van der Waals surface area contributed by atoms with E-state index in [1.165, 1.54) is 0 Å². The number of hydrogen-bond acceptors (Lipinski definition) is 3. The topological polar surface area (TPSA) is 58.6 Å². The molecule has 17 heavy (non-hydrogen) atoms. The summed E-state index contributed by atoms with van der Waals surface area (Å²) >= 11 is 0. The largest absolute Gasteiger partial charge is 0.507 e. The number of benzene rings is 1. The number of amides is 1. The van der Waals surface area contributed by atoms with E-state index < -0.39 is 11.7 Å². The minimum Gasteiger partial charge on any atom is -0.507 e. The van der Waals surface area contributed by atoms with Crippen LogP contribution in [0, 0.1) is 5.82 Å². The van der Waals surface area contributed by atoms with E-state index in [0.717, 1.165) is 18.2 Å². The lowest BCUT2D eigenvalue weighted by Gasteiger charge is -2.13. The van der Waals surface area contributed by atoms with Crippen molar-refractivity contribution in [3.63, 3.8) is 0 Å². The minimum absolute atomic E-state index is 0.0609. The molecule has 0 spiro atoms. The molecule has 0 heterocycles. The van der Waals surface area contributed by atoms with E-state index in [1.807, 2.05) is 6.92 Å². The number of ether oxygens (including phenoxy) is 1. The third kappa shape index (κ3) is 4.03. The SMILES string of the molecule is COCCC(C)NC(=O)c1cc(F)ccc1O. The van der Waals surface area contributed by atoms with Crippen LogP contribution in [0.3, 0.4) is 0 Å². The zero-order valence-corrected chi connectivity index (χ0v) is 9.87. The standard InChI is InChI=1S/C12H16FNO3/c1-8(5-6-17-2)14-12(16)10-7-9(13)3-4-11(10)15/h3-4,7-8,15H,5-6H2,1-2H3,(H,14,16). The monoisotopic (exact) mass is 241 g/mol. The number of phenols is 1. The van der Waals surface area contributed by atoms with Crippen molar-refractivity contribution in [2.75, 3.05) is 13.7 Å². The summed E-state index contributed by atoms with van der Waals surface area (Å²) in [7, 11) is 1.58. The number of phenolic OH excluding ortho intramolecular Hbond substituents is 1. The average Bonchev–Trinajstić information content (AvgIpc) is 2.29. The van der Waals surface area contributed by atoms with Gasteiger partial charge in [-0.15, -0.1) is 0 Å². The molecule has 0 aromatic heterocycles. The molecule has 1 aromatic rings. The van der Waals surface area contributed by atoms with Crippen LogP contribution in [0.2, 0.25) is 0 Å². The van der Waals surface area contributed by atoms with Gasteiger partial charge in [-0.1, -0.05) is 0 Å². The number of hydrogen-bond donors (Lipinski definition) is 2. The first-order chi connectivity index (χ1) is 8.04. The van der Waals surface area contributed by atoms with Crippen molar-refractivity contribution in [3.8, 4) is 5.75 Å². The summed E-state index contributed by atoms with van der Waals surface area (Å²) in [6.07, 6.45) is 0.651. The fourth-order valence-corrected chi connectivity index (χ4v) is 1.36. The average molecular weight is 241 g/mol. The number of aromatic hydroxyl groups is 1. The molecule has 0 aliphatic heterocycles. The van der Waals surface area contributed by atoms with Gasteiger partial charge in [-0.05, 0) is 31.5 Å². The van der Waals surface area contributed by atoms with Crippen LogP contribution < -0.4 is 5.32 Å². The fraction of sp³-hybridized carbons (Fsp3) is 0.417. The highest BCUT2D eigenvalue weighted by Crippen LogP contribution is 2.17. The summed E-state index contributed by atoms with van der Waals surface area (Å²) < 4.78 is 17.8. The molecular formula is C12H16FNO3. The zero-order chi connectivity index (χ0) is 12.8. The van der Waals surface area contributed by atoms with Gasteiger partial charge in [-0.2, -0.15) is 0 Å². The Morgan fingerprint density at radius 2 is 2.29 bits per heavy atom. The number of methoxy groups -OCH3 is 1. The highest BCUT2D eigenvalue weighted by atomic mass is 19.1. The van der Waals surface area contributed by atoms with Crippen LogP contribution in [0.25, 0.3) is 0 Å². The van der Waals surface area contributed by atoms with Gasteiger partial charge in [-0.3, -0.25) is 4.79 Å². The molecule has 0 saturated carbocycles. The van der Waals surface area contributed by atoms with Gasteiger partial charge in [0.2, 0.25) is 0 Å². The van der Waals surface area contributed by atoms with Gasteiger partial charge in [0, 0.05) is 19.8 Å². The fourth-order valence-electron chi connectivity index (χ4n) is 1.36. The molecule has 0 radical (unpaired) electrons. The van der Waals surface area contributed by atoms with Gasteiger partial charge in [0.05, 0.1) is 5.56 Å². The van der Waals surface area contributed by atoms with Crippen LogP contribution in [0.15, 0.2) is 18.2 Å². The van der Waals surface area contributed by atoms with Crippen molar-refractivity contribution in [1.82, 2.24) is 5.32 Å². The maximum absolute atomic E-state index is 12.9. The number of halogens is 1. The predicted octanol–water partition coefficient (Wildman–Crippen LogP) is 1.69. The molecule has 0 aliphatic carbocycles. The van der Waals surface area contributed by atoms with Crippen molar-refractivity contribution >= 4 is 5.91 Å². The summed E-state index contributed by atoms with van der Waals surface area (Å²) in [5.74, 6) is -1.29. The lowest BCUT2D eigenvalue weighted by atomic mass is 10.1. The number of carbonyl (C=O) groups is 1. The summed E-state index contributed by atoms with van der Waals surface area (Å²) in [4.78, 5) is 11.7. The van der Waals surface area contributed by atoms with Crippen LogP contribution in [0.4, 0.5) is 4.39 Å². The van der Waals surface area contributed by atoms with Gasteiger partial charge in [-0.25, -0.2) is 4.39 Å². The maximum Gasteiger partial charge on any atom is 0.255 e. The molecule has 1 rings (SSSR count). The van der Waals surface area contributed by atoms with Crippen molar-refractivity contribution in [2.24, 2.45) is 0 Å². The van der Waals surface area contributed by atoms with Crippen molar-refractivity contribution in [3.05, 3.63) is 29.6 Å².